The zero-order valence-corrected chi connectivity index (χ0v) is 17.0. The fraction of sp³-hybridized carbons (Fsp3) is 0.700. The van der Waals surface area contributed by atoms with E-state index in [9.17, 15) is 9.59 Å². The molecular weight excluding hydrogens is 364 g/mol. The molecule has 3 aliphatic rings. The second kappa shape index (κ2) is 7.53. The summed E-state index contributed by atoms with van der Waals surface area (Å²) in [5.41, 5.74) is 0.860. The Morgan fingerprint density at radius 2 is 2.11 bits per heavy atom. The third kappa shape index (κ3) is 3.41. The molecule has 1 spiro atoms. The monoisotopic (exact) mass is 392 g/mol. The molecule has 2 fully saturated rings. The van der Waals surface area contributed by atoms with Gasteiger partial charge in [0.05, 0.1) is 29.7 Å². The first kappa shape index (κ1) is 18.9. The fourth-order valence-electron chi connectivity index (χ4n) is 4.73. The van der Waals surface area contributed by atoms with Crippen molar-refractivity contribution in [2.45, 2.75) is 50.7 Å². The van der Waals surface area contributed by atoms with Crippen molar-refractivity contribution in [1.29, 1.82) is 0 Å². The number of likely N-dealkylation sites (tertiary alicyclic amines) is 2. The van der Waals surface area contributed by atoms with Crippen LogP contribution in [0.4, 0.5) is 0 Å². The van der Waals surface area contributed by atoms with Crippen LogP contribution in [-0.2, 0) is 26.3 Å². The third-order valence-electron chi connectivity index (χ3n) is 6.23. The molecule has 2 amide bonds. The van der Waals surface area contributed by atoms with Crippen LogP contribution < -0.4 is 0 Å². The summed E-state index contributed by atoms with van der Waals surface area (Å²) in [5.74, 6) is 0.255. The van der Waals surface area contributed by atoms with Gasteiger partial charge < -0.3 is 19.3 Å². The summed E-state index contributed by atoms with van der Waals surface area (Å²) < 4.78 is 11.6. The lowest BCUT2D eigenvalue weighted by molar-refractivity contribution is -0.138. The standard InChI is InChI=1S/C20H28N2O4S/c1-14(23)21-9-6-20(7-10-21)16-12-18(27-17(16)5-11-26-20)19(24)22-8-3-4-15(22)13-25-2/h12,15H,3-11,13H2,1-2H3/t15-/m0/s1. The van der Waals surface area contributed by atoms with Crippen molar-refractivity contribution in [3.05, 3.63) is 21.4 Å². The molecule has 1 atom stereocenters. The second-order valence-corrected chi connectivity index (χ2v) is 8.93. The van der Waals surface area contributed by atoms with Gasteiger partial charge in [-0.3, -0.25) is 9.59 Å². The Labute approximate surface area is 164 Å². The number of thiophene rings is 1. The van der Waals surface area contributed by atoms with Crippen LogP contribution in [0, 0.1) is 0 Å². The number of ether oxygens (including phenoxy) is 2. The predicted octanol–water partition coefficient (Wildman–Crippen LogP) is 2.41. The highest BCUT2D eigenvalue weighted by molar-refractivity contribution is 7.14. The van der Waals surface area contributed by atoms with E-state index in [-0.39, 0.29) is 23.5 Å². The predicted molar refractivity (Wildman–Crippen MR) is 103 cm³/mol. The largest absolute Gasteiger partial charge is 0.383 e. The van der Waals surface area contributed by atoms with E-state index in [1.54, 1.807) is 25.4 Å². The van der Waals surface area contributed by atoms with Crippen LogP contribution in [0.5, 0.6) is 0 Å². The molecule has 0 bridgehead atoms. The minimum absolute atomic E-state index is 0.125. The highest BCUT2D eigenvalue weighted by Gasteiger charge is 2.43. The average Bonchev–Trinajstić information content (AvgIpc) is 3.30. The van der Waals surface area contributed by atoms with E-state index in [0.29, 0.717) is 13.2 Å². The Morgan fingerprint density at radius 3 is 2.81 bits per heavy atom. The molecule has 7 heteroatoms. The molecule has 0 aliphatic carbocycles. The molecule has 6 nitrogen and oxygen atoms in total. The lowest BCUT2D eigenvalue weighted by atomic mass is 9.82. The van der Waals surface area contributed by atoms with E-state index in [1.807, 2.05) is 9.80 Å². The molecule has 0 radical (unpaired) electrons. The van der Waals surface area contributed by atoms with E-state index >= 15 is 0 Å². The van der Waals surface area contributed by atoms with E-state index in [1.165, 1.54) is 10.4 Å². The van der Waals surface area contributed by atoms with Crippen LogP contribution in [-0.4, -0.2) is 67.6 Å². The number of nitrogens with zero attached hydrogens (tertiary/aromatic N) is 2. The summed E-state index contributed by atoms with van der Waals surface area (Å²) >= 11 is 1.63. The summed E-state index contributed by atoms with van der Waals surface area (Å²) in [5, 5.41) is 0. The number of rotatable bonds is 3. The number of carbonyl (C=O) groups is 2. The van der Waals surface area contributed by atoms with Gasteiger partial charge in [0.2, 0.25) is 5.91 Å². The van der Waals surface area contributed by atoms with E-state index < -0.39 is 0 Å². The summed E-state index contributed by atoms with van der Waals surface area (Å²) in [6.07, 6.45) is 4.53. The van der Waals surface area contributed by atoms with Crippen LogP contribution in [0.1, 0.15) is 52.7 Å². The molecule has 0 unspecified atom stereocenters. The van der Waals surface area contributed by atoms with Gasteiger partial charge in [0.15, 0.2) is 0 Å². The Hall–Kier alpha value is -1.44. The number of methoxy groups -OCH3 is 1. The van der Waals surface area contributed by atoms with Gasteiger partial charge in [-0.1, -0.05) is 0 Å². The highest BCUT2D eigenvalue weighted by atomic mass is 32.1. The van der Waals surface area contributed by atoms with E-state index in [2.05, 4.69) is 6.07 Å². The molecule has 1 aromatic rings. The Bertz CT molecular complexity index is 724. The lowest BCUT2D eigenvalue weighted by Crippen LogP contribution is -2.47. The third-order valence-corrected chi connectivity index (χ3v) is 7.41. The van der Waals surface area contributed by atoms with Crippen LogP contribution in [0.2, 0.25) is 0 Å². The van der Waals surface area contributed by atoms with Crippen molar-refractivity contribution in [1.82, 2.24) is 9.80 Å². The normalized spacial score (nSPS) is 24.3. The van der Waals surface area contributed by atoms with Gasteiger partial charge in [0.1, 0.15) is 0 Å². The number of carbonyl (C=O) groups excluding carboxylic acids is 2. The number of piperidine rings is 1. The number of hydrogen-bond acceptors (Lipinski definition) is 5. The average molecular weight is 393 g/mol. The van der Waals surface area contributed by atoms with Crippen LogP contribution in [0.15, 0.2) is 6.07 Å². The smallest absolute Gasteiger partial charge is 0.264 e. The first-order valence-electron chi connectivity index (χ1n) is 9.86. The van der Waals surface area contributed by atoms with Gasteiger partial charge in [-0.15, -0.1) is 11.3 Å². The summed E-state index contributed by atoms with van der Waals surface area (Å²) in [6, 6.07) is 2.26. The second-order valence-electron chi connectivity index (χ2n) is 7.80. The van der Waals surface area contributed by atoms with Gasteiger partial charge in [-0.05, 0) is 37.3 Å². The molecule has 3 aliphatic heterocycles. The minimum atomic E-state index is -0.328. The maximum atomic E-state index is 13.1. The summed E-state index contributed by atoms with van der Waals surface area (Å²) in [6.45, 7) is 5.16. The molecule has 2 saturated heterocycles. The van der Waals surface area contributed by atoms with Crippen molar-refractivity contribution in [2.24, 2.45) is 0 Å². The van der Waals surface area contributed by atoms with Crippen LogP contribution in [0.3, 0.4) is 0 Å². The molecule has 0 aromatic carbocycles. The summed E-state index contributed by atoms with van der Waals surface area (Å²) in [4.78, 5) is 30.8. The lowest BCUT2D eigenvalue weighted by Gasteiger charge is -2.43. The van der Waals surface area contributed by atoms with Gasteiger partial charge in [0, 0.05) is 45.0 Å². The molecule has 1 aromatic heterocycles. The van der Waals surface area contributed by atoms with Crippen molar-refractivity contribution >= 4 is 23.2 Å². The number of amides is 2. The molecule has 4 rings (SSSR count). The molecule has 0 N–H and O–H groups in total. The topological polar surface area (TPSA) is 59.1 Å². The maximum absolute atomic E-state index is 13.1. The van der Waals surface area contributed by atoms with Gasteiger partial charge in [-0.2, -0.15) is 0 Å². The van der Waals surface area contributed by atoms with Crippen molar-refractivity contribution in [2.75, 3.05) is 40.0 Å². The van der Waals surface area contributed by atoms with E-state index in [4.69, 9.17) is 9.47 Å². The van der Waals surface area contributed by atoms with Crippen LogP contribution in [0.25, 0.3) is 0 Å². The van der Waals surface area contributed by atoms with Gasteiger partial charge in [-0.25, -0.2) is 0 Å². The zero-order valence-electron chi connectivity index (χ0n) is 16.2. The van der Waals surface area contributed by atoms with Crippen LogP contribution >= 0.6 is 11.3 Å². The van der Waals surface area contributed by atoms with Crippen molar-refractivity contribution < 1.29 is 19.1 Å². The fourth-order valence-corrected chi connectivity index (χ4v) is 5.92. The molecule has 0 saturated carbocycles. The Kier molecular flexibility index (Phi) is 5.27. The maximum Gasteiger partial charge on any atom is 0.264 e. The van der Waals surface area contributed by atoms with Crippen molar-refractivity contribution in [3.63, 3.8) is 0 Å². The molecular formula is C20H28N2O4S. The Balaban J connectivity index is 1.56. The van der Waals surface area contributed by atoms with Crippen molar-refractivity contribution in [3.8, 4) is 0 Å². The number of hydrogen-bond donors (Lipinski definition) is 0. The van der Waals surface area contributed by atoms with Gasteiger partial charge >= 0.3 is 0 Å². The molecule has 27 heavy (non-hydrogen) atoms. The Morgan fingerprint density at radius 1 is 1.33 bits per heavy atom. The minimum Gasteiger partial charge on any atom is -0.383 e. The molecule has 148 valence electrons. The van der Waals surface area contributed by atoms with E-state index in [0.717, 1.165) is 56.6 Å². The first-order chi connectivity index (χ1) is 13.0. The highest BCUT2D eigenvalue weighted by Crippen LogP contribution is 2.45. The zero-order chi connectivity index (χ0) is 19.0. The number of fused-ring (bicyclic) bond motifs is 2. The van der Waals surface area contributed by atoms with Gasteiger partial charge in [0.25, 0.3) is 5.91 Å². The quantitative estimate of drug-likeness (QED) is 0.793. The molecule has 4 heterocycles. The SMILES string of the molecule is COC[C@@H]1CCCN1C(=O)c1cc2c(s1)CCOC21CCN(C(C)=O)CC1. The summed E-state index contributed by atoms with van der Waals surface area (Å²) in [7, 11) is 1.69. The first-order valence-corrected chi connectivity index (χ1v) is 10.7.